The Balaban J connectivity index is 2.08. The first-order chi connectivity index (χ1) is 14.6. The van der Waals surface area contributed by atoms with Gasteiger partial charge in [-0.25, -0.2) is 13.8 Å². The van der Waals surface area contributed by atoms with Crippen LogP contribution < -0.4 is 14.9 Å². The highest BCUT2D eigenvalue weighted by Crippen LogP contribution is 2.28. The molecule has 0 spiro atoms. The van der Waals surface area contributed by atoms with Crippen molar-refractivity contribution in [3.63, 3.8) is 0 Å². The number of ether oxygens (including phenoxy) is 2. The molecule has 0 aromatic heterocycles. The molecule has 0 radical (unpaired) electrons. The van der Waals surface area contributed by atoms with E-state index in [1.54, 1.807) is 13.0 Å². The number of carbonyl (C=O) groups excluding carboxylic acids is 1. The second-order valence-corrected chi connectivity index (χ2v) is 8.41. The smallest absolute Gasteiger partial charge is 0.311 e. The number of carbonyl (C=O) groups is 1. The molecule has 11 nitrogen and oxygen atoms in total. The number of rotatable bonds is 9. The minimum absolute atomic E-state index is 0.0562. The Bertz CT molecular complexity index is 1120. The van der Waals surface area contributed by atoms with Crippen LogP contribution >= 0.6 is 0 Å². The van der Waals surface area contributed by atoms with Crippen molar-refractivity contribution < 1.29 is 27.6 Å². The lowest BCUT2D eigenvalue weighted by Crippen LogP contribution is -2.36. The van der Waals surface area contributed by atoms with Crippen LogP contribution in [-0.4, -0.2) is 57.6 Å². The highest BCUT2D eigenvalue weighted by atomic mass is 32.2. The summed E-state index contributed by atoms with van der Waals surface area (Å²) < 4.78 is 36.5. The van der Waals surface area contributed by atoms with Gasteiger partial charge >= 0.3 is 5.69 Å². The van der Waals surface area contributed by atoms with E-state index in [4.69, 9.17) is 9.47 Å². The molecule has 0 aliphatic rings. The maximum atomic E-state index is 12.8. The molecule has 2 rings (SSSR count). The van der Waals surface area contributed by atoms with Crippen LogP contribution in [0.5, 0.6) is 11.5 Å². The number of nitrogens with one attached hydrogen (secondary N) is 1. The number of benzene rings is 2. The molecule has 12 heteroatoms. The number of methoxy groups -OCH3 is 2. The summed E-state index contributed by atoms with van der Waals surface area (Å²) in [7, 11) is -0.0669. The monoisotopic (exact) mass is 450 g/mol. The number of likely N-dealkylation sites (N-methyl/N-ethyl adjacent to an activating group) is 1. The molecule has 0 saturated heterocycles. The van der Waals surface area contributed by atoms with Crippen LogP contribution in [0.25, 0.3) is 0 Å². The molecule has 1 N–H and O–H groups in total. The minimum atomic E-state index is -3.99. The van der Waals surface area contributed by atoms with Crippen molar-refractivity contribution >= 4 is 27.8 Å². The third-order valence-corrected chi connectivity index (χ3v) is 6.00. The Morgan fingerprint density at radius 1 is 1.19 bits per heavy atom. The van der Waals surface area contributed by atoms with E-state index in [9.17, 15) is 23.3 Å². The van der Waals surface area contributed by atoms with Crippen molar-refractivity contribution in [1.82, 2.24) is 9.73 Å². The molecule has 0 saturated carbocycles. The van der Waals surface area contributed by atoms with E-state index in [1.807, 2.05) is 0 Å². The summed E-state index contributed by atoms with van der Waals surface area (Å²) in [5.41, 5.74) is 3.00. The Kier molecular flexibility index (Phi) is 7.67. The van der Waals surface area contributed by atoms with Crippen LogP contribution in [0.1, 0.15) is 11.1 Å². The fraction of sp³-hybridized carbons (Fsp3) is 0.263. The molecule has 166 valence electrons. The van der Waals surface area contributed by atoms with Gasteiger partial charge in [0.1, 0.15) is 10.6 Å². The van der Waals surface area contributed by atoms with Crippen molar-refractivity contribution in [3.8, 4) is 11.5 Å². The number of hydrogen-bond acceptors (Lipinski definition) is 8. The fourth-order valence-corrected chi connectivity index (χ4v) is 3.95. The van der Waals surface area contributed by atoms with Gasteiger partial charge in [0.25, 0.3) is 5.91 Å². The summed E-state index contributed by atoms with van der Waals surface area (Å²) in [6, 6.07) is 8.85. The molecule has 2 aromatic rings. The Hall–Kier alpha value is -3.51. The molecular weight excluding hydrogens is 428 g/mol. The molecule has 0 fully saturated rings. The molecule has 0 aliphatic heterocycles. The Morgan fingerprint density at radius 2 is 1.84 bits per heavy atom. The number of hydrazone groups is 1. The van der Waals surface area contributed by atoms with Crippen LogP contribution in [0, 0.1) is 17.0 Å². The number of amides is 1. The first-order valence-corrected chi connectivity index (χ1v) is 10.3. The third kappa shape index (κ3) is 5.77. The largest absolute Gasteiger partial charge is 0.495 e. The molecule has 0 unspecified atom stereocenters. The molecule has 1 amide bonds. The minimum Gasteiger partial charge on any atom is -0.495 e. The van der Waals surface area contributed by atoms with Crippen molar-refractivity contribution in [1.29, 1.82) is 0 Å². The van der Waals surface area contributed by atoms with Gasteiger partial charge in [-0.2, -0.15) is 9.41 Å². The predicted octanol–water partition coefficient (Wildman–Crippen LogP) is 1.69. The Morgan fingerprint density at radius 3 is 2.45 bits per heavy atom. The lowest BCUT2D eigenvalue weighted by molar-refractivity contribution is -0.385. The van der Waals surface area contributed by atoms with Crippen LogP contribution in [-0.2, 0) is 14.8 Å². The number of nitro groups is 1. The topological polar surface area (TPSA) is 140 Å². The maximum absolute atomic E-state index is 12.8. The summed E-state index contributed by atoms with van der Waals surface area (Å²) in [5.74, 6) is -0.446. The summed E-state index contributed by atoms with van der Waals surface area (Å²) in [6.45, 7) is 1.24. The summed E-state index contributed by atoms with van der Waals surface area (Å²) in [4.78, 5) is 22.5. The number of aryl methyl sites for hydroxylation is 1. The van der Waals surface area contributed by atoms with Crippen molar-refractivity contribution in [2.45, 2.75) is 11.8 Å². The Labute approximate surface area is 179 Å². The molecule has 0 atom stereocenters. The lowest BCUT2D eigenvalue weighted by Gasteiger charge is -2.18. The molecule has 0 aliphatic carbocycles. The molecular formula is C19H22N4O7S. The van der Waals surface area contributed by atoms with E-state index in [0.717, 1.165) is 9.87 Å². The van der Waals surface area contributed by atoms with Gasteiger partial charge in [-0.15, -0.1) is 0 Å². The maximum Gasteiger partial charge on any atom is 0.311 e. The number of nitro benzene ring substituents is 1. The zero-order chi connectivity index (χ0) is 23.2. The molecule has 0 bridgehead atoms. The predicted molar refractivity (Wildman–Crippen MR) is 113 cm³/mol. The van der Waals surface area contributed by atoms with E-state index in [0.29, 0.717) is 5.56 Å². The zero-order valence-electron chi connectivity index (χ0n) is 17.4. The van der Waals surface area contributed by atoms with Gasteiger partial charge < -0.3 is 9.47 Å². The van der Waals surface area contributed by atoms with Crippen molar-refractivity contribution in [2.75, 3.05) is 27.8 Å². The number of hydrogen-bond donors (Lipinski definition) is 1. The van der Waals surface area contributed by atoms with E-state index in [1.165, 1.54) is 57.8 Å². The average molecular weight is 450 g/mol. The van der Waals surface area contributed by atoms with E-state index in [-0.39, 0.29) is 22.1 Å². The third-order valence-electron chi connectivity index (χ3n) is 4.18. The van der Waals surface area contributed by atoms with Gasteiger partial charge in [-0.05, 0) is 36.8 Å². The quantitative estimate of drug-likeness (QED) is 0.348. The van der Waals surface area contributed by atoms with Gasteiger partial charge in [0, 0.05) is 18.7 Å². The van der Waals surface area contributed by atoms with Gasteiger partial charge in [0.2, 0.25) is 10.0 Å². The second-order valence-electron chi connectivity index (χ2n) is 6.40. The molecule has 0 heterocycles. The van der Waals surface area contributed by atoms with Crippen LogP contribution in [0.3, 0.4) is 0 Å². The standard InChI is InChI=1S/C19H22N4O7S/c1-13-5-7-17(30-4)18(9-13)31(27,28)22(2)12-19(24)21-20-11-14-6-8-16(29-3)15(10-14)23(25)26/h5-11H,12H2,1-4H3,(H,21,24). The van der Waals surface area contributed by atoms with E-state index < -0.39 is 27.4 Å². The van der Waals surface area contributed by atoms with Gasteiger partial charge in [0.15, 0.2) is 5.75 Å². The summed E-state index contributed by atoms with van der Waals surface area (Å²) in [6.07, 6.45) is 1.20. The fourth-order valence-electron chi connectivity index (χ4n) is 2.58. The SMILES string of the molecule is COc1ccc(C=NNC(=O)CN(C)S(=O)(=O)c2cc(C)ccc2OC)cc1[N+](=O)[O-]. The first kappa shape index (κ1) is 23.8. The normalized spacial score (nSPS) is 11.5. The zero-order valence-corrected chi connectivity index (χ0v) is 18.2. The second kappa shape index (κ2) is 10.00. The highest BCUT2D eigenvalue weighted by molar-refractivity contribution is 7.89. The van der Waals surface area contributed by atoms with E-state index >= 15 is 0 Å². The highest BCUT2D eigenvalue weighted by Gasteiger charge is 2.26. The molecule has 31 heavy (non-hydrogen) atoms. The van der Waals surface area contributed by atoms with Crippen molar-refractivity contribution in [3.05, 3.63) is 57.6 Å². The summed E-state index contributed by atoms with van der Waals surface area (Å²) in [5, 5.41) is 14.8. The van der Waals surface area contributed by atoms with Gasteiger partial charge in [-0.3, -0.25) is 14.9 Å². The first-order valence-electron chi connectivity index (χ1n) is 8.85. The van der Waals surface area contributed by atoms with Gasteiger partial charge in [-0.1, -0.05) is 6.07 Å². The average Bonchev–Trinajstić information content (AvgIpc) is 2.73. The van der Waals surface area contributed by atoms with Gasteiger partial charge in [0.05, 0.1) is 31.9 Å². The van der Waals surface area contributed by atoms with Crippen LogP contribution in [0.2, 0.25) is 0 Å². The lowest BCUT2D eigenvalue weighted by atomic mass is 10.2. The number of nitrogens with zero attached hydrogens (tertiary/aromatic N) is 3. The van der Waals surface area contributed by atoms with E-state index in [2.05, 4.69) is 10.5 Å². The summed E-state index contributed by atoms with van der Waals surface area (Å²) >= 11 is 0. The van der Waals surface area contributed by atoms with Crippen LogP contribution in [0.4, 0.5) is 5.69 Å². The number of sulfonamides is 1. The molecule has 2 aromatic carbocycles. The van der Waals surface area contributed by atoms with Crippen LogP contribution in [0.15, 0.2) is 46.4 Å². The van der Waals surface area contributed by atoms with Crippen molar-refractivity contribution in [2.24, 2.45) is 5.10 Å².